The van der Waals surface area contributed by atoms with Gasteiger partial charge in [0, 0.05) is 22.0 Å². The summed E-state index contributed by atoms with van der Waals surface area (Å²) in [5.41, 5.74) is 2.26. The number of halogens is 2. The number of rotatable bonds is 7. The molecule has 4 rings (SSSR count). The van der Waals surface area contributed by atoms with Crippen LogP contribution in [0.15, 0.2) is 64.4 Å². The van der Waals surface area contributed by atoms with E-state index in [0.29, 0.717) is 22.2 Å². The normalized spacial score (nSPS) is 12.5. The van der Waals surface area contributed by atoms with Gasteiger partial charge in [-0.15, -0.1) is 10.2 Å². The average molecular weight is 458 g/mol. The number of oxazole rings is 1. The van der Waals surface area contributed by atoms with Gasteiger partial charge >= 0.3 is 0 Å². The molecule has 0 amide bonds. The predicted octanol–water partition coefficient (Wildman–Crippen LogP) is 5.63. The lowest BCUT2D eigenvalue weighted by Gasteiger charge is -2.20. The van der Waals surface area contributed by atoms with Gasteiger partial charge in [-0.1, -0.05) is 29.4 Å². The molecule has 31 heavy (non-hydrogen) atoms. The largest absolute Gasteiger partial charge is 0.444 e. The Kier molecular flexibility index (Phi) is 6.41. The van der Waals surface area contributed by atoms with Gasteiger partial charge in [0.15, 0.2) is 11.0 Å². The van der Waals surface area contributed by atoms with Crippen molar-refractivity contribution in [2.75, 3.05) is 14.1 Å². The highest BCUT2D eigenvalue weighted by molar-refractivity contribution is 7.98. The van der Waals surface area contributed by atoms with Gasteiger partial charge in [-0.25, -0.2) is 9.37 Å². The van der Waals surface area contributed by atoms with Crippen molar-refractivity contribution in [2.24, 2.45) is 0 Å². The first-order valence-corrected chi connectivity index (χ1v) is 11.0. The van der Waals surface area contributed by atoms with Crippen molar-refractivity contribution < 1.29 is 8.81 Å². The van der Waals surface area contributed by atoms with Crippen LogP contribution in [0.2, 0.25) is 5.02 Å². The van der Waals surface area contributed by atoms with Gasteiger partial charge in [-0.2, -0.15) is 0 Å². The molecule has 6 nitrogen and oxygen atoms in total. The van der Waals surface area contributed by atoms with Crippen molar-refractivity contribution in [2.45, 2.75) is 23.9 Å². The van der Waals surface area contributed by atoms with Gasteiger partial charge in [0.25, 0.3) is 0 Å². The van der Waals surface area contributed by atoms with Crippen LogP contribution in [0.5, 0.6) is 0 Å². The lowest BCUT2D eigenvalue weighted by Crippen LogP contribution is -2.20. The molecular formula is C22H21ClFN5OS. The maximum atomic E-state index is 13.5. The predicted molar refractivity (Wildman–Crippen MR) is 120 cm³/mol. The van der Waals surface area contributed by atoms with Crippen molar-refractivity contribution in [3.05, 3.63) is 77.2 Å². The minimum absolute atomic E-state index is 0.0594. The van der Waals surface area contributed by atoms with E-state index in [0.717, 1.165) is 22.4 Å². The van der Waals surface area contributed by atoms with E-state index in [-0.39, 0.29) is 11.9 Å². The zero-order valence-electron chi connectivity index (χ0n) is 17.3. The van der Waals surface area contributed by atoms with E-state index in [1.54, 1.807) is 18.4 Å². The van der Waals surface area contributed by atoms with Crippen LogP contribution in [0.3, 0.4) is 0 Å². The summed E-state index contributed by atoms with van der Waals surface area (Å²) < 4.78 is 21.0. The topological polar surface area (TPSA) is 60.0 Å². The Labute approximate surface area is 189 Å². The fourth-order valence-corrected chi connectivity index (χ4v) is 3.94. The number of aromatic nitrogens is 4. The van der Waals surface area contributed by atoms with Crippen molar-refractivity contribution in [1.29, 1.82) is 0 Å². The number of hydrogen-bond donors (Lipinski definition) is 0. The Morgan fingerprint density at radius 2 is 1.94 bits per heavy atom. The molecule has 9 heteroatoms. The molecule has 0 radical (unpaired) electrons. The van der Waals surface area contributed by atoms with Crippen molar-refractivity contribution in [3.8, 4) is 17.1 Å². The Morgan fingerprint density at radius 1 is 1.16 bits per heavy atom. The van der Waals surface area contributed by atoms with Gasteiger partial charge in [-0.3, -0.25) is 9.47 Å². The molecule has 0 saturated heterocycles. The molecule has 2 heterocycles. The third-order valence-corrected chi connectivity index (χ3v) is 6.08. The van der Waals surface area contributed by atoms with E-state index < -0.39 is 0 Å². The van der Waals surface area contributed by atoms with Crippen molar-refractivity contribution in [1.82, 2.24) is 24.6 Å². The van der Waals surface area contributed by atoms with Gasteiger partial charge in [0.2, 0.25) is 5.89 Å². The van der Waals surface area contributed by atoms with Crippen LogP contribution < -0.4 is 0 Å². The second-order valence-electron chi connectivity index (χ2n) is 7.24. The zero-order valence-corrected chi connectivity index (χ0v) is 18.9. The molecule has 4 aromatic rings. The third kappa shape index (κ3) is 4.81. The summed E-state index contributed by atoms with van der Waals surface area (Å²) in [6.07, 6.45) is 1.58. The summed E-state index contributed by atoms with van der Waals surface area (Å²) in [6, 6.07) is 13.8. The first-order chi connectivity index (χ1) is 14.9. The molecule has 0 spiro atoms. The van der Waals surface area contributed by atoms with E-state index in [1.165, 1.54) is 23.9 Å². The van der Waals surface area contributed by atoms with Gasteiger partial charge in [0.05, 0.1) is 11.7 Å². The molecule has 2 aromatic heterocycles. The van der Waals surface area contributed by atoms with Crippen LogP contribution >= 0.6 is 23.4 Å². The third-order valence-electron chi connectivity index (χ3n) is 4.86. The summed E-state index contributed by atoms with van der Waals surface area (Å²) in [7, 11) is 4.00. The van der Waals surface area contributed by atoms with E-state index in [2.05, 4.69) is 27.0 Å². The Bertz CT molecular complexity index is 1170. The molecule has 2 aromatic carbocycles. The summed E-state index contributed by atoms with van der Waals surface area (Å²) in [6.45, 7) is 2.08. The molecule has 160 valence electrons. The Balaban J connectivity index is 1.59. The van der Waals surface area contributed by atoms with Gasteiger partial charge in [0.1, 0.15) is 12.1 Å². The van der Waals surface area contributed by atoms with Crippen molar-refractivity contribution >= 4 is 23.4 Å². The SMILES string of the molecule is CC(c1nnc(SCc2coc(-c3cccc(F)c3)n2)n1-c1ccc(Cl)cc1)N(C)C. The van der Waals surface area contributed by atoms with Crippen LogP contribution in [0, 0.1) is 5.82 Å². The molecule has 0 N–H and O–H groups in total. The molecule has 1 atom stereocenters. The summed E-state index contributed by atoms with van der Waals surface area (Å²) in [5, 5.41) is 10.3. The van der Waals surface area contributed by atoms with Crippen LogP contribution in [0.25, 0.3) is 17.1 Å². The van der Waals surface area contributed by atoms with E-state index in [4.69, 9.17) is 16.0 Å². The fourth-order valence-electron chi connectivity index (χ4n) is 2.97. The number of nitrogens with zero attached hydrogens (tertiary/aromatic N) is 5. The second-order valence-corrected chi connectivity index (χ2v) is 8.61. The van der Waals surface area contributed by atoms with Crippen LogP contribution in [0.4, 0.5) is 4.39 Å². The summed E-state index contributed by atoms with van der Waals surface area (Å²) in [5.74, 6) is 1.41. The first kappa shape index (κ1) is 21.5. The quantitative estimate of drug-likeness (QED) is 0.335. The minimum Gasteiger partial charge on any atom is -0.444 e. The molecule has 0 saturated carbocycles. The molecule has 0 fully saturated rings. The summed E-state index contributed by atoms with van der Waals surface area (Å²) in [4.78, 5) is 6.56. The highest BCUT2D eigenvalue weighted by Crippen LogP contribution is 2.30. The Hall–Kier alpha value is -2.68. The maximum Gasteiger partial charge on any atom is 0.226 e. The van der Waals surface area contributed by atoms with Gasteiger partial charge < -0.3 is 4.42 Å². The molecule has 0 aliphatic carbocycles. The Morgan fingerprint density at radius 3 is 2.65 bits per heavy atom. The second kappa shape index (κ2) is 9.21. The molecule has 1 unspecified atom stereocenters. The lowest BCUT2D eigenvalue weighted by atomic mass is 10.2. The minimum atomic E-state index is -0.328. The van der Waals surface area contributed by atoms with Gasteiger partial charge in [-0.05, 0) is 63.5 Å². The highest BCUT2D eigenvalue weighted by Gasteiger charge is 2.21. The standard InChI is InChI=1S/C22H21ClFN5OS/c1-14(28(2)3)20-26-27-22(29(20)19-9-7-16(23)8-10-19)31-13-18-12-30-21(25-18)15-5-4-6-17(24)11-15/h4-12,14H,13H2,1-3H3. The zero-order chi connectivity index (χ0) is 22.0. The van der Waals surface area contributed by atoms with E-state index in [1.807, 2.05) is 42.9 Å². The first-order valence-electron chi connectivity index (χ1n) is 9.63. The highest BCUT2D eigenvalue weighted by atomic mass is 35.5. The van der Waals surface area contributed by atoms with Crippen LogP contribution in [-0.2, 0) is 5.75 Å². The molecular weight excluding hydrogens is 437 g/mol. The van der Waals surface area contributed by atoms with E-state index in [9.17, 15) is 4.39 Å². The number of hydrogen-bond acceptors (Lipinski definition) is 6. The molecule has 0 bridgehead atoms. The smallest absolute Gasteiger partial charge is 0.226 e. The summed E-state index contributed by atoms with van der Waals surface area (Å²) >= 11 is 7.58. The molecule has 0 aliphatic rings. The van der Waals surface area contributed by atoms with Crippen molar-refractivity contribution in [3.63, 3.8) is 0 Å². The van der Waals surface area contributed by atoms with E-state index >= 15 is 0 Å². The average Bonchev–Trinajstić information content (AvgIpc) is 3.39. The fraction of sp³-hybridized carbons (Fsp3) is 0.227. The number of thioether (sulfide) groups is 1. The lowest BCUT2D eigenvalue weighted by molar-refractivity contribution is 0.305. The monoisotopic (exact) mass is 457 g/mol. The maximum absolute atomic E-state index is 13.5. The molecule has 0 aliphatic heterocycles. The van der Waals surface area contributed by atoms with Crippen LogP contribution in [0.1, 0.15) is 24.5 Å². The van der Waals surface area contributed by atoms with Crippen LogP contribution in [-0.4, -0.2) is 38.7 Å². The number of benzene rings is 2.